The number of oxime groups is 1. The van der Waals surface area contributed by atoms with E-state index in [1.807, 2.05) is 30.3 Å². The Morgan fingerprint density at radius 2 is 2.04 bits per heavy atom. The van der Waals surface area contributed by atoms with E-state index in [0.717, 1.165) is 5.56 Å². The number of nitrogens with zero attached hydrogens (tertiary/aromatic N) is 6. The van der Waals surface area contributed by atoms with Crippen molar-refractivity contribution in [1.82, 2.24) is 25.2 Å². The molecule has 0 saturated carbocycles. The normalized spacial score (nSPS) is 11.2. The molecule has 0 unspecified atom stereocenters. The maximum Gasteiger partial charge on any atom is 0.410 e. The molecule has 10 heteroatoms. The molecule has 0 bridgehead atoms. The molecule has 0 aliphatic rings. The summed E-state index contributed by atoms with van der Waals surface area (Å²) < 4.78 is 0. The highest BCUT2D eigenvalue weighted by Gasteiger charge is 2.13. The highest BCUT2D eigenvalue weighted by molar-refractivity contribution is 6.10. The number of anilines is 1. The van der Waals surface area contributed by atoms with Gasteiger partial charge in [-0.2, -0.15) is 4.80 Å². The van der Waals surface area contributed by atoms with Gasteiger partial charge in [0.1, 0.15) is 5.82 Å². The Labute approximate surface area is 148 Å². The Hall–Kier alpha value is -3.82. The van der Waals surface area contributed by atoms with E-state index in [1.165, 1.54) is 4.80 Å². The molecule has 0 atom stereocenters. The number of aromatic nitrogens is 5. The zero-order valence-corrected chi connectivity index (χ0v) is 13.8. The van der Waals surface area contributed by atoms with E-state index in [4.69, 9.17) is 9.94 Å². The number of pyridine rings is 1. The quantitative estimate of drug-likeness (QED) is 0.509. The highest BCUT2D eigenvalue weighted by Crippen LogP contribution is 2.09. The molecule has 0 spiro atoms. The number of carboxylic acid groups (broad SMARTS) is 1. The number of tetrazole rings is 1. The maximum absolute atomic E-state index is 10.7. The number of hydrogen-bond acceptors (Lipinski definition) is 7. The molecule has 0 saturated heterocycles. The lowest BCUT2D eigenvalue weighted by molar-refractivity contribution is 0.128. The van der Waals surface area contributed by atoms with Crippen LogP contribution in [0.1, 0.15) is 17.1 Å². The van der Waals surface area contributed by atoms with Gasteiger partial charge in [0.05, 0.1) is 12.7 Å². The molecule has 26 heavy (non-hydrogen) atoms. The summed E-state index contributed by atoms with van der Waals surface area (Å²) in [7, 11) is 1.66. The summed E-state index contributed by atoms with van der Waals surface area (Å²) in [5.41, 5.74) is 1.72. The number of hydrogen-bond donors (Lipinski definition) is 2. The largest absolute Gasteiger partial charge is 0.465 e. The van der Waals surface area contributed by atoms with Gasteiger partial charge in [-0.3, -0.25) is 5.32 Å². The molecule has 0 fully saturated rings. The zero-order valence-electron chi connectivity index (χ0n) is 13.8. The second-order valence-electron chi connectivity index (χ2n) is 5.13. The smallest absolute Gasteiger partial charge is 0.410 e. The number of aryl methyl sites for hydroxylation is 1. The topological polar surface area (TPSA) is 127 Å². The Morgan fingerprint density at radius 1 is 1.23 bits per heavy atom. The van der Waals surface area contributed by atoms with Crippen LogP contribution in [0.3, 0.4) is 0 Å². The molecule has 1 amide bonds. The average Bonchev–Trinajstić information content (AvgIpc) is 3.05. The number of rotatable bonds is 6. The van der Waals surface area contributed by atoms with Gasteiger partial charge in [-0.15, -0.1) is 10.2 Å². The number of benzene rings is 1. The lowest BCUT2D eigenvalue weighted by Gasteiger charge is -2.05. The first-order chi connectivity index (χ1) is 12.6. The summed E-state index contributed by atoms with van der Waals surface area (Å²) in [5, 5.41) is 27.0. The van der Waals surface area contributed by atoms with Crippen molar-refractivity contribution in [2.75, 3.05) is 5.32 Å². The van der Waals surface area contributed by atoms with Gasteiger partial charge in [0.25, 0.3) is 0 Å². The van der Waals surface area contributed by atoms with Crippen molar-refractivity contribution in [2.45, 2.75) is 6.61 Å². The van der Waals surface area contributed by atoms with E-state index in [2.05, 4.69) is 30.9 Å². The van der Waals surface area contributed by atoms with Gasteiger partial charge in [0.2, 0.25) is 5.82 Å². The van der Waals surface area contributed by atoms with E-state index in [-0.39, 0.29) is 12.4 Å². The Morgan fingerprint density at radius 3 is 2.73 bits per heavy atom. The molecule has 10 nitrogen and oxygen atoms in total. The minimum atomic E-state index is -1.19. The third-order valence-electron chi connectivity index (χ3n) is 3.18. The van der Waals surface area contributed by atoms with Crippen molar-refractivity contribution in [1.29, 1.82) is 0 Å². The van der Waals surface area contributed by atoms with Gasteiger partial charge < -0.3 is 9.94 Å². The standard InChI is InChI=1S/C16H15N7O3/c1-23-20-15(19-22-23)14(11-6-3-2-4-7-11)21-26-10-12-8-5-9-13(17-12)18-16(24)25/h2-9H,10H2,1H3,(H,17,18)(H,24,25). The van der Waals surface area contributed by atoms with Crippen molar-refractivity contribution in [3.63, 3.8) is 0 Å². The Bertz CT molecular complexity index is 924. The van der Waals surface area contributed by atoms with Crippen molar-refractivity contribution >= 4 is 17.6 Å². The van der Waals surface area contributed by atoms with Gasteiger partial charge in [0, 0.05) is 5.56 Å². The average molecular weight is 353 g/mol. The lowest BCUT2D eigenvalue weighted by Crippen LogP contribution is -2.10. The zero-order chi connectivity index (χ0) is 18.4. The predicted molar refractivity (Wildman–Crippen MR) is 91.6 cm³/mol. The van der Waals surface area contributed by atoms with E-state index in [1.54, 1.807) is 25.2 Å². The van der Waals surface area contributed by atoms with Crippen LogP contribution in [0, 0.1) is 0 Å². The maximum atomic E-state index is 10.7. The first-order valence-corrected chi connectivity index (χ1v) is 7.57. The summed E-state index contributed by atoms with van der Waals surface area (Å²) >= 11 is 0. The minimum Gasteiger partial charge on any atom is -0.465 e. The van der Waals surface area contributed by atoms with Crippen LogP contribution in [0.2, 0.25) is 0 Å². The van der Waals surface area contributed by atoms with E-state index >= 15 is 0 Å². The molecule has 0 radical (unpaired) electrons. The monoisotopic (exact) mass is 353 g/mol. The van der Waals surface area contributed by atoms with Crippen molar-refractivity contribution in [3.8, 4) is 0 Å². The van der Waals surface area contributed by atoms with Crippen molar-refractivity contribution in [3.05, 3.63) is 65.6 Å². The van der Waals surface area contributed by atoms with Crippen LogP contribution < -0.4 is 5.32 Å². The first kappa shape index (κ1) is 17.0. The van der Waals surface area contributed by atoms with Crippen LogP contribution in [0.4, 0.5) is 10.6 Å². The third-order valence-corrected chi connectivity index (χ3v) is 3.18. The molecule has 2 heterocycles. The van der Waals surface area contributed by atoms with Crippen molar-refractivity contribution < 1.29 is 14.7 Å². The molecule has 0 aliphatic heterocycles. The fourth-order valence-electron chi connectivity index (χ4n) is 2.10. The van der Waals surface area contributed by atoms with Crippen LogP contribution in [-0.2, 0) is 18.5 Å². The van der Waals surface area contributed by atoms with Crippen LogP contribution in [-0.4, -0.2) is 42.1 Å². The van der Waals surface area contributed by atoms with Gasteiger partial charge in [-0.25, -0.2) is 9.78 Å². The second-order valence-corrected chi connectivity index (χ2v) is 5.13. The number of amides is 1. The highest BCUT2D eigenvalue weighted by atomic mass is 16.6. The summed E-state index contributed by atoms with van der Waals surface area (Å²) in [5.74, 6) is 0.536. The molecule has 0 aliphatic carbocycles. The molecule has 3 aromatic rings. The van der Waals surface area contributed by atoms with Crippen LogP contribution in [0.25, 0.3) is 0 Å². The van der Waals surface area contributed by atoms with Crippen LogP contribution >= 0.6 is 0 Å². The first-order valence-electron chi connectivity index (χ1n) is 7.57. The fourth-order valence-corrected chi connectivity index (χ4v) is 2.10. The van der Waals surface area contributed by atoms with E-state index < -0.39 is 6.09 Å². The van der Waals surface area contributed by atoms with Gasteiger partial charge in [-0.1, -0.05) is 41.6 Å². The molecule has 132 valence electrons. The van der Waals surface area contributed by atoms with E-state index in [9.17, 15) is 4.79 Å². The summed E-state index contributed by atoms with van der Waals surface area (Å²) in [6.07, 6.45) is -1.19. The second kappa shape index (κ2) is 7.83. The molecule has 1 aromatic carbocycles. The number of nitrogens with one attached hydrogen (secondary N) is 1. The van der Waals surface area contributed by atoms with Gasteiger partial charge >= 0.3 is 6.09 Å². The molecule has 2 N–H and O–H groups in total. The predicted octanol–water partition coefficient (Wildman–Crippen LogP) is 1.66. The van der Waals surface area contributed by atoms with Crippen LogP contribution in [0.5, 0.6) is 0 Å². The Kier molecular flexibility index (Phi) is 5.13. The van der Waals surface area contributed by atoms with Crippen LogP contribution in [0.15, 0.2) is 53.7 Å². The minimum absolute atomic E-state index is 0.0474. The summed E-state index contributed by atoms with van der Waals surface area (Å²) in [6.45, 7) is 0.0474. The SMILES string of the molecule is Cn1nnc(C(=NOCc2cccc(NC(=O)O)n2)c2ccccc2)n1. The fraction of sp³-hybridized carbons (Fsp3) is 0.125. The molecule has 3 rings (SSSR count). The van der Waals surface area contributed by atoms with Gasteiger partial charge in [0.15, 0.2) is 12.3 Å². The van der Waals surface area contributed by atoms with Crippen molar-refractivity contribution in [2.24, 2.45) is 12.2 Å². The van der Waals surface area contributed by atoms with Gasteiger partial charge in [-0.05, 0) is 17.3 Å². The lowest BCUT2D eigenvalue weighted by atomic mass is 10.1. The summed E-state index contributed by atoms with van der Waals surface area (Å²) in [4.78, 5) is 21.5. The molecular formula is C16H15N7O3. The third kappa shape index (κ3) is 4.38. The Balaban J connectivity index is 1.78. The molecular weight excluding hydrogens is 338 g/mol. The number of carbonyl (C=O) groups is 1. The summed E-state index contributed by atoms with van der Waals surface area (Å²) in [6, 6.07) is 14.2. The molecule has 2 aromatic heterocycles. The van der Waals surface area contributed by atoms with E-state index in [0.29, 0.717) is 17.2 Å².